The number of nitrogens with one attached hydrogen (secondary N) is 1. The summed E-state index contributed by atoms with van der Waals surface area (Å²) in [6.45, 7) is 3.92. The summed E-state index contributed by atoms with van der Waals surface area (Å²) >= 11 is 0. The molecule has 0 bridgehead atoms. The Labute approximate surface area is 113 Å². The lowest BCUT2D eigenvalue weighted by Gasteiger charge is -2.38. The molecule has 5 heteroatoms. The summed E-state index contributed by atoms with van der Waals surface area (Å²) in [6.07, 6.45) is 3.53. The molecule has 0 spiro atoms. The highest BCUT2D eigenvalue weighted by Crippen LogP contribution is 2.30. The fraction of sp³-hybridized carbons (Fsp3) is 0.571. The highest BCUT2D eigenvalue weighted by molar-refractivity contribution is 5.59. The van der Waals surface area contributed by atoms with Crippen LogP contribution >= 0.6 is 0 Å². The van der Waals surface area contributed by atoms with Gasteiger partial charge in [-0.1, -0.05) is 6.07 Å². The molecule has 1 heterocycles. The summed E-state index contributed by atoms with van der Waals surface area (Å²) in [6, 6.07) is 5.57. The molecule has 0 saturated carbocycles. The number of non-ortho nitro benzene ring substituents is 1. The molecule has 1 aliphatic heterocycles. The van der Waals surface area contributed by atoms with Crippen molar-refractivity contribution >= 4 is 11.4 Å². The summed E-state index contributed by atoms with van der Waals surface area (Å²) < 4.78 is 0. The third-order valence-electron chi connectivity index (χ3n) is 3.78. The van der Waals surface area contributed by atoms with Gasteiger partial charge >= 0.3 is 0 Å². The van der Waals surface area contributed by atoms with Gasteiger partial charge in [-0.3, -0.25) is 10.1 Å². The van der Waals surface area contributed by atoms with Crippen LogP contribution in [-0.4, -0.2) is 31.1 Å². The number of nitro groups is 1. The number of nitrogens with zero attached hydrogens (tertiary/aromatic N) is 2. The third kappa shape index (κ3) is 3.04. The number of anilines is 1. The smallest absolute Gasteiger partial charge is 0.271 e. The minimum atomic E-state index is -0.319. The van der Waals surface area contributed by atoms with Crippen molar-refractivity contribution in [2.45, 2.75) is 32.2 Å². The predicted octanol–water partition coefficient (Wildman–Crippen LogP) is 2.48. The van der Waals surface area contributed by atoms with Crippen LogP contribution < -0.4 is 10.2 Å². The standard InChI is InChI=1S/C14H21N3O2/c1-11-6-7-12(17(18)19)9-14(11)16-8-4-3-5-13(16)10-15-2/h6-7,9,13,15H,3-5,8,10H2,1-2H3. The van der Waals surface area contributed by atoms with E-state index < -0.39 is 0 Å². The molecule has 1 aliphatic rings. The van der Waals surface area contributed by atoms with E-state index in [4.69, 9.17) is 0 Å². The summed E-state index contributed by atoms with van der Waals surface area (Å²) in [7, 11) is 1.95. The quantitative estimate of drug-likeness (QED) is 0.669. The largest absolute Gasteiger partial charge is 0.367 e. The monoisotopic (exact) mass is 263 g/mol. The molecule has 5 nitrogen and oxygen atoms in total. The van der Waals surface area contributed by atoms with Gasteiger partial charge in [-0.25, -0.2) is 0 Å². The molecule has 0 radical (unpaired) electrons. The van der Waals surface area contributed by atoms with Crippen LogP contribution in [0.1, 0.15) is 24.8 Å². The molecule has 19 heavy (non-hydrogen) atoms. The average molecular weight is 263 g/mol. The maximum absolute atomic E-state index is 10.9. The summed E-state index contributed by atoms with van der Waals surface area (Å²) in [5.41, 5.74) is 2.29. The molecule has 1 saturated heterocycles. The average Bonchev–Trinajstić information content (AvgIpc) is 2.40. The highest BCUT2D eigenvalue weighted by atomic mass is 16.6. The number of benzene rings is 1. The molecule has 104 valence electrons. The van der Waals surface area contributed by atoms with Crippen LogP contribution in [0.15, 0.2) is 18.2 Å². The van der Waals surface area contributed by atoms with Gasteiger partial charge < -0.3 is 10.2 Å². The van der Waals surface area contributed by atoms with Gasteiger partial charge in [-0.05, 0) is 38.8 Å². The number of piperidine rings is 1. The van der Waals surface area contributed by atoms with Crippen molar-refractivity contribution < 1.29 is 4.92 Å². The van der Waals surface area contributed by atoms with E-state index in [-0.39, 0.29) is 10.6 Å². The van der Waals surface area contributed by atoms with Crippen LogP contribution in [0.4, 0.5) is 11.4 Å². The van der Waals surface area contributed by atoms with E-state index in [1.165, 1.54) is 6.42 Å². The SMILES string of the molecule is CNCC1CCCCN1c1cc([N+](=O)[O-])ccc1C. The van der Waals surface area contributed by atoms with Crippen LogP contribution in [0.25, 0.3) is 0 Å². The maximum Gasteiger partial charge on any atom is 0.271 e. The van der Waals surface area contributed by atoms with E-state index in [1.54, 1.807) is 12.1 Å². The lowest BCUT2D eigenvalue weighted by atomic mass is 9.99. The second-order valence-corrected chi connectivity index (χ2v) is 5.13. The van der Waals surface area contributed by atoms with Crippen molar-refractivity contribution in [1.29, 1.82) is 0 Å². The fourth-order valence-corrected chi connectivity index (χ4v) is 2.79. The number of nitro benzene ring substituents is 1. The van der Waals surface area contributed by atoms with Gasteiger partial charge in [0, 0.05) is 37.0 Å². The Kier molecular flexibility index (Phi) is 4.37. The zero-order valence-corrected chi connectivity index (χ0v) is 11.6. The Balaban J connectivity index is 2.32. The van der Waals surface area contributed by atoms with Gasteiger partial charge in [-0.15, -0.1) is 0 Å². The van der Waals surface area contributed by atoms with E-state index in [9.17, 15) is 10.1 Å². The first-order valence-electron chi connectivity index (χ1n) is 6.79. The molecule has 0 amide bonds. The van der Waals surface area contributed by atoms with Gasteiger partial charge in [0.25, 0.3) is 5.69 Å². The number of rotatable bonds is 4. The van der Waals surface area contributed by atoms with Crippen LogP contribution in [-0.2, 0) is 0 Å². The van der Waals surface area contributed by atoms with Crippen molar-refractivity contribution in [1.82, 2.24) is 5.32 Å². The molecule has 1 aromatic carbocycles. The Bertz CT molecular complexity index is 460. The molecule has 0 aromatic heterocycles. The number of hydrogen-bond acceptors (Lipinski definition) is 4. The van der Waals surface area contributed by atoms with Crippen LogP contribution in [0.2, 0.25) is 0 Å². The van der Waals surface area contributed by atoms with Crippen molar-refractivity contribution in [3.8, 4) is 0 Å². The summed E-state index contributed by atoms with van der Waals surface area (Å²) in [5, 5.41) is 14.1. The van der Waals surface area contributed by atoms with E-state index in [2.05, 4.69) is 10.2 Å². The number of aryl methyl sites for hydroxylation is 1. The Morgan fingerprint density at radius 1 is 1.47 bits per heavy atom. The topological polar surface area (TPSA) is 58.4 Å². The number of hydrogen-bond donors (Lipinski definition) is 1. The second kappa shape index (κ2) is 6.02. The van der Waals surface area contributed by atoms with Crippen molar-refractivity contribution in [3.05, 3.63) is 33.9 Å². The minimum absolute atomic E-state index is 0.175. The van der Waals surface area contributed by atoms with Gasteiger partial charge in [0.1, 0.15) is 0 Å². The van der Waals surface area contributed by atoms with Crippen LogP contribution in [0.3, 0.4) is 0 Å². The van der Waals surface area contributed by atoms with Crippen molar-refractivity contribution in [2.24, 2.45) is 0 Å². The van der Waals surface area contributed by atoms with Crippen LogP contribution in [0, 0.1) is 17.0 Å². The first kappa shape index (κ1) is 13.8. The lowest BCUT2D eigenvalue weighted by Crippen LogP contribution is -2.45. The predicted molar refractivity (Wildman–Crippen MR) is 76.7 cm³/mol. The van der Waals surface area contributed by atoms with Gasteiger partial charge in [0.15, 0.2) is 0 Å². The molecule has 2 rings (SSSR count). The first-order chi connectivity index (χ1) is 9.13. The molecule has 1 N–H and O–H groups in total. The van der Waals surface area contributed by atoms with Crippen LogP contribution in [0.5, 0.6) is 0 Å². The Morgan fingerprint density at radius 3 is 2.95 bits per heavy atom. The van der Waals surface area contributed by atoms with E-state index in [0.29, 0.717) is 6.04 Å². The van der Waals surface area contributed by atoms with Crippen molar-refractivity contribution in [3.63, 3.8) is 0 Å². The Morgan fingerprint density at radius 2 is 2.26 bits per heavy atom. The second-order valence-electron chi connectivity index (χ2n) is 5.13. The van der Waals surface area contributed by atoms with Gasteiger partial charge in [0.2, 0.25) is 0 Å². The normalized spacial score (nSPS) is 19.5. The minimum Gasteiger partial charge on any atom is -0.367 e. The summed E-state index contributed by atoms with van der Waals surface area (Å²) in [5.74, 6) is 0. The molecule has 1 unspecified atom stereocenters. The van der Waals surface area contributed by atoms with Crippen molar-refractivity contribution in [2.75, 3.05) is 25.0 Å². The fourth-order valence-electron chi connectivity index (χ4n) is 2.79. The molecular weight excluding hydrogens is 242 g/mol. The van der Waals surface area contributed by atoms with Gasteiger partial charge in [-0.2, -0.15) is 0 Å². The molecule has 1 atom stereocenters. The molecule has 0 aliphatic carbocycles. The first-order valence-corrected chi connectivity index (χ1v) is 6.79. The zero-order valence-electron chi connectivity index (χ0n) is 11.6. The maximum atomic E-state index is 10.9. The molecular formula is C14H21N3O2. The van der Waals surface area contributed by atoms with Gasteiger partial charge in [0.05, 0.1) is 4.92 Å². The lowest BCUT2D eigenvalue weighted by molar-refractivity contribution is -0.384. The van der Waals surface area contributed by atoms with E-state index >= 15 is 0 Å². The zero-order chi connectivity index (χ0) is 13.8. The Hall–Kier alpha value is -1.62. The van der Waals surface area contributed by atoms with E-state index in [0.717, 1.165) is 37.2 Å². The molecule has 1 aromatic rings. The highest BCUT2D eigenvalue weighted by Gasteiger charge is 2.24. The number of likely N-dealkylation sites (N-methyl/N-ethyl adjacent to an activating group) is 1. The molecule has 1 fully saturated rings. The van der Waals surface area contributed by atoms with E-state index in [1.807, 2.05) is 20.0 Å². The summed E-state index contributed by atoms with van der Waals surface area (Å²) in [4.78, 5) is 12.9. The third-order valence-corrected chi connectivity index (χ3v) is 3.78.